The Balaban J connectivity index is 3.64. The Kier molecular flexibility index (Phi) is 3.19. The van der Waals surface area contributed by atoms with Crippen LogP contribution in [0.2, 0.25) is 0 Å². The van der Waals surface area contributed by atoms with Crippen molar-refractivity contribution in [3.63, 3.8) is 0 Å². The van der Waals surface area contributed by atoms with Crippen LogP contribution < -0.4 is 5.73 Å². The largest absolute Gasteiger partial charge is 0.376 e. The number of allylic oxidation sites excluding steroid dienone is 1. The predicted molar refractivity (Wildman–Crippen MR) is 39.4 cm³/mol. The zero-order valence-electron chi connectivity index (χ0n) is 5.09. The molecule has 0 heterocycles. The summed E-state index contributed by atoms with van der Waals surface area (Å²) in [6.45, 7) is 1.91. The fourth-order valence-corrected chi connectivity index (χ4v) is 0.358. The number of nitrogens with two attached hydrogens (primary N) is 1. The zero-order chi connectivity index (χ0) is 6.57. The van der Waals surface area contributed by atoms with Crippen LogP contribution >= 0.6 is 12.2 Å². The van der Waals surface area contributed by atoms with Gasteiger partial charge < -0.3 is 10.6 Å². The first-order chi connectivity index (χ1) is 3.68. The second-order valence-corrected chi connectivity index (χ2v) is 1.85. The lowest BCUT2D eigenvalue weighted by atomic mass is 10.6. The molecule has 0 aliphatic carbocycles. The molecule has 0 fully saturated rings. The smallest absolute Gasteiger partial charge is 0.170 e. The molecule has 0 aromatic rings. The molecular weight excluding hydrogens is 120 g/mol. The summed E-state index contributed by atoms with van der Waals surface area (Å²) < 4.78 is 0. The van der Waals surface area contributed by atoms with E-state index < -0.39 is 0 Å². The van der Waals surface area contributed by atoms with Gasteiger partial charge in [-0.3, -0.25) is 0 Å². The van der Waals surface area contributed by atoms with Crippen molar-refractivity contribution in [3.05, 3.63) is 12.3 Å². The molecule has 0 unspecified atom stereocenters. The third-order valence-electron chi connectivity index (χ3n) is 0.720. The fourth-order valence-electron chi connectivity index (χ4n) is 0.297. The zero-order valence-corrected chi connectivity index (χ0v) is 5.90. The highest BCUT2D eigenvalue weighted by atomic mass is 32.1. The topological polar surface area (TPSA) is 29.3 Å². The van der Waals surface area contributed by atoms with E-state index in [0.717, 1.165) is 0 Å². The third kappa shape index (κ3) is 2.58. The van der Waals surface area contributed by atoms with Gasteiger partial charge in [0.25, 0.3) is 0 Å². The lowest BCUT2D eigenvalue weighted by Crippen LogP contribution is -2.26. The molecule has 0 saturated carbocycles. The molecule has 0 aliphatic heterocycles. The van der Waals surface area contributed by atoms with E-state index in [1.54, 1.807) is 4.90 Å². The summed E-state index contributed by atoms with van der Waals surface area (Å²) in [6, 6.07) is 0. The van der Waals surface area contributed by atoms with Crippen LogP contribution in [-0.2, 0) is 0 Å². The van der Waals surface area contributed by atoms with Crippen molar-refractivity contribution in [2.45, 2.75) is 6.92 Å². The maximum Gasteiger partial charge on any atom is 0.170 e. The van der Waals surface area contributed by atoms with Crippen LogP contribution in [0, 0.1) is 0 Å². The van der Waals surface area contributed by atoms with Gasteiger partial charge in [-0.25, -0.2) is 0 Å². The molecule has 0 aromatic heterocycles. The van der Waals surface area contributed by atoms with Crippen LogP contribution in [0.3, 0.4) is 0 Å². The maximum atomic E-state index is 5.23. The molecule has 0 amide bonds. The average Bonchev–Trinajstić information content (AvgIpc) is 1.67. The van der Waals surface area contributed by atoms with Crippen LogP contribution in [0.15, 0.2) is 12.3 Å². The molecule has 2 nitrogen and oxygen atoms in total. The van der Waals surface area contributed by atoms with Gasteiger partial charge in [-0.2, -0.15) is 0 Å². The third-order valence-corrected chi connectivity index (χ3v) is 1.01. The Hall–Kier alpha value is -0.570. The molecule has 3 heteroatoms. The molecule has 2 N–H and O–H groups in total. The van der Waals surface area contributed by atoms with Crippen molar-refractivity contribution in [3.8, 4) is 0 Å². The van der Waals surface area contributed by atoms with Crippen LogP contribution in [0.25, 0.3) is 0 Å². The van der Waals surface area contributed by atoms with Gasteiger partial charge in [0.2, 0.25) is 0 Å². The molecule has 46 valence electrons. The summed E-state index contributed by atoms with van der Waals surface area (Å²) in [5, 5.41) is 0.392. The van der Waals surface area contributed by atoms with E-state index in [1.165, 1.54) is 0 Å². The predicted octanol–water partition coefficient (Wildman–Crippen LogP) is 0.695. The fraction of sp³-hybridized carbons (Fsp3) is 0.400. The van der Waals surface area contributed by atoms with E-state index in [0.29, 0.717) is 5.11 Å². The molecule has 0 atom stereocenters. The lowest BCUT2D eigenvalue weighted by Gasteiger charge is -2.08. The van der Waals surface area contributed by atoms with Gasteiger partial charge in [0.05, 0.1) is 0 Å². The Morgan fingerprint density at radius 3 is 2.38 bits per heavy atom. The molecule has 0 spiro atoms. The summed E-state index contributed by atoms with van der Waals surface area (Å²) >= 11 is 4.64. The quantitative estimate of drug-likeness (QED) is 0.530. The van der Waals surface area contributed by atoms with Crippen molar-refractivity contribution in [1.82, 2.24) is 4.90 Å². The van der Waals surface area contributed by atoms with Gasteiger partial charge in [-0.15, -0.1) is 0 Å². The molecule has 0 rings (SSSR count). The van der Waals surface area contributed by atoms with Gasteiger partial charge >= 0.3 is 0 Å². The standard InChI is InChI=1S/C5H10N2S/c1-3-4-7(2)5(6)8/h3-4H,1-2H3,(H2,6,8)/b4-3-. The number of hydrogen-bond donors (Lipinski definition) is 1. The number of thiocarbonyl (C=S) groups is 1. The Bertz CT molecular complexity index is 109. The van der Waals surface area contributed by atoms with E-state index in [-0.39, 0.29) is 0 Å². The van der Waals surface area contributed by atoms with E-state index in [9.17, 15) is 0 Å². The summed E-state index contributed by atoms with van der Waals surface area (Å²) in [5.41, 5.74) is 5.23. The maximum absolute atomic E-state index is 5.23. The van der Waals surface area contributed by atoms with Crippen molar-refractivity contribution >= 4 is 17.3 Å². The summed E-state index contributed by atoms with van der Waals surface area (Å²) in [4.78, 5) is 1.68. The molecule has 0 aromatic carbocycles. The summed E-state index contributed by atoms with van der Waals surface area (Å²) in [6.07, 6.45) is 3.68. The van der Waals surface area contributed by atoms with Crippen molar-refractivity contribution in [2.24, 2.45) is 5.73 Å². The molecule has 0 radical (unpaired) electrons. The van der Waals surface area contributed by atoms with Crippen LogP contribution in [0.5, 0.6) is 0 Å². The minimum absolute atomic E-state index is 0.392. The molecule has 8 heavy (non-hydrogen) atoms. The SMILES string of the molecule is C/C=C\N(C)C(N)=S. The molecule has 0 saturated heterocycles. The Morgan fingerprint density at radius 2 is 2.25 bits per heavy atom. The van der Waals surface area contributed by atoms with Crippen LogP contribution in [-0.4, -0.2) is 17.1 Å². The van der Waals surface area contributed by atoms with Crippen LogP contribution in [0.1, 0.15) is 6.92 Å². The Morgan fingerprint density at radius 1 is 1.75 bits per heavy atom. The van der Waals surface area contributed by atoms with Gasteiger partial charge in [0.15, 0.2) is 5.11 Å². The molecule has 0 aliphatic rings. The second kappa shape index (κ2) is 3.43. The minimum Gasteiger partial charge on any atom is -0.376 e. The summed E-state index contributed by atoms with van der Waals surface area (Å²) in [5.74, 6) is 0. The highest BCUT2D eigenvalue weighted by molar-refractivity contribution is 7.80. The highest BCUT2D eigenvalue weighted by Gasteiger charge is 1.88. The van der Waals surface area contributed by atoms with E-state index in [2.05, 4.69) is 12.2 Å². The first-order valence-electron chi connectivity index (χ1n) is 2.33. The lowest BCUT2D eigenvalue weighted by molar-refractivity contribution is 0.693. The second-order valence-electron chi connectivity index (χ2n) is 1.43. The highest BCUT2D eigenvalue weighted by Crippen LogP contribution is 1.81. The van der Waals surface area contributed by atoms with Gasteiger partial charge in [0, 0.05) is 13.2 Å². The van der Waals surface area contributed by atoms with Crippen molar-refractivity contribution in [2.75, 3.05) is 7.05 Å². The monoisotopic (exact) mass is 130 g/mol. The normalized spacial score (nSPS) is 9.75. The minimum atomic E-state index is 0.392. The van der Waals surface area contributed by atoms with Gasteiger partial charge in [0.1, 0.15) is 0 Å². The van der Waals surface area contributed by atoms with Gasteiger partial charge in [-0.1, -0.05) is 6.08 Å². The van der Waals surface area contributed by atoms with E-state index in [1.807, 2.05) is 26.2 Å². The number of hydrogen-bond acceptors (Lipinski definition) is 1. The van der Waals surface area contributed by atoms with Gasteiger partial charge in [-0.05, 0) is 19.1 Å². The average molecular weight is 130 g/mol. The Labute approximate surface area is 55.0 Å². The molecule has 0 bridgehead atoms. The summed E-state index contributed by atoms with van der Waals surface area (Å²) in [7, 11) is 1.81. The van der Waals surface area contributed by atoms with E-state index in [4.69, 9.17) is 5.73 Å². The van der Waals surface area contributed by atoms with Crippen molar-refractivity contribution < 1.29 is 0 Å². The van der Waals surface area contributed by atoms with Crippen LogP contribution in [0.4, 0.5) is 0 Å². The number of rotatable bonds is 1. The van der Waals surface area contributed by atoms with Crippen molar-refractivity contribution in [1.29, 1.82) is 0 Å². The first-order valence-corrected chi connectivity index (χ1v) is 2.74. The molecular formula is C5H10N2S. The van der Waals surface area contributed by atoms with E-state index >= 15 is 0 Å². The first kappa shape index (κ1) is 7.43. The number of nitrogens with zero attached hydrogens (tertiary/aromatic N) is 1.